The van der Waals surface area contributed by atoms with E-state index in [0.717, 1.165) is 21.7 Å². The van der Waals surface area contributed by atoms with Gasteiger partial charge in [-0.1, -0.05) is 54.6 Å². The van der Waals surface area contributed by atoms with Crippen molar-refractivity contribution in [3.8, 4) is 5.75 Å². The summed E-state index contributed by atoms with van der Waals surface area (Å²) < 4.78 is 18.8. The van der Waals surface area contributed by atoms with Crippen molar-refractivity contribution in [2.45, 2.75) is 13.0 Å². The van der Waals surface area contributed by atoms with E-state index in [9.17, 15) is 9.18 Å². The fourth-order valence-corrected chi connectivity index (χ4v) is 4.37. The first kappa shape index (κ1) is 21.8. The van der Waals surface area contributed by atoms with Crippen molar-refractivity contribution in [3.63, 3.8) is 0 Å². The van der Waals surface area contributed by atoms with Crippen LogP contribution in [0.2, 0.25) is 0 Å². The van der Waals surface area contributed by atoms with Gasteiger partial charge < -0.3 is 4.74 Å². The number of fused-ring (bicyclic) bond motifs is 1. The van der Waals surface area contributed by atoms with E-state index in [1.165, 1.54) is 28.9 Å². The predicted molar refractivity (Wildman–Crippen MR) is 132 cm³/mol. The minimum absolute atomic E-state index is 0.00204. The van der Waals surface area contributed by atoms with Gasteiger partial charge in [-0.25, -0.2) is 4.39 Å². The van der Waals surface area contributed by atoms with Crippen LogP contribution in [-0.4, -0.2) is 27.0 Å². The molecule has 3 aromatic carbocycles. The summed E-state index contributed by atoms with van der Waals surface area (Å²) in [5.74, 6) is -0.104. The Hall–Kier alpha value is -4.04. The number of aliphatic imine (C=N–C) groups is 1. The Balaban J connectivity index is 1.28. The number of hydrogen-bond acceptors (Lipinski definition) is 5. The standard InChI is InChI=1S/C26H19FN4O2S/c27-20-10-6-19(7-11-20)16-33-21-12-8-18(9-13-21)14-22-24(28)31-26(29-25(22)32)34-23(30-31)15-17-4-2-1-3-5-17/h1-14,28H,15-16H2/b22-14-,28-24?. The van der Waals surface area contributed by atoms with E-state index in [0.29, 0.717) is 23.9 Å². The van der Waals surface area contributed by atoms with Gasteiger partial charge in [0.1, 0.15) is 23.2 Å². The molecule has 0 unspecified atom stereocenters. The minimum atomic E-state index is -0.462. The van der Waals surface area contributed by atoms with E-state index >= 15 is 0 Å². The van der Waals surface area contributed by atoms with E-state index in [1.54, 1.807) is 42.5 Å². The highest BCUT2D eigenvalue weighted by atomic mass is 32.2. The Kier molecular flexibility index (Phi) is 6.05. The molecule has 0 aliphatic carbocycles. The quantitative estimate of drug-likeness (QED) is 0.498. The molecule has 0 radical (unpaired) electrons. The van der Waals surface area contributed by atoms with Crippen LogP contribution >= 0.6 is 11.8 Å². The maximum Gasteiger partial charge on any atom is 0.283 e. The lowest BCUT2D eigenvalue weighted by atomic mass is 10.1. The van der Waals surface area contributed by atoms with Gasteiger partial charge in [0.15, 0.2) is 5.84 Å². The summed E-state index contributed by atoms with van der Waals surface area (Å²) in [7, 11) is 0. The maximum atomic E-state index is 13.0. The van der Waals surface area contributed by atoms with Crippen molar-refractivity contribution in [2.24, 2.45) is 10.1 Å². The molecule has 0 saturated carbocycles. The molecule has 34 heavy (non-hydrogen) atoms. The highest BCUT2D eigenvalue weighted by molar-refractivity contribution is 8.26. The van der Waals surface area contributed by atoms with Crippen LogP contribution in [0.1, 0.15) is 16.7 Å². The zero-order valence-corrected chi connectivity index (χ0v) is 18.8. The van der Waals surface area contributed by atoms with Crippen molar-refractivity contribution in [2.75, 3.05) is 0 Å². The smallest absolute Gasteiger partial charge is 0.283 e. The first-order chi connectivity index (χ1) is 16.5. The molecule has 1 N–H and O–H groups in total. The SMILES string of the molecule is N=C1/C(=C/c2ccc(OCc3ccc(F)cc3)cc2)C(=O)N=C2SC(Cc3ccccc3)=NN12. The lowest BCUT2D eigenvalue weighted by molar-refractivity contribution is -0.114. The number of amides is 1. The maximum absolute atomic E-state index is 13.0. The van der Waals surface area contributed by atoms with Crippen LogP contribution in [-0.2, 0) is 17.8 Å². The van der Waals surface area contributed by atoms with E-state index in [4.69, 9.17) is 10.1 Å². The molecule has 8 heteroatoms. The van der Waals surface area contributed by atoms with E-state index < -0.39 is 5.91 Å². The monoisotopic (exact) mass is 470 g/mol. The Morgan fingerprint density at radius 1 is 0.971 bits per heavy atom. The number of thioether (sulfide) groups is 1. The number of nitrogens with zero attached hydrogens (tertiary/aromatic N) is 3. The molecular weight excluding hydrogens is 451 g/mol. The minimum Gasteiger partial charge on any atom is -0.489 e. The third-order valence-corrected chi connectivity index (χ3v) is 6.11. The van der Waals surface area contributed by atoms with E-state index in [-0.39, 0.29) is 17.2 Å². The van der Waals surface area contributed by atoms with Crippen LogP contribution < -0.4 is 4.74 Å². The van der Waals surface area contributed by atoms with Gasteiger partial charge in [0, 0.05) is 6.42 Å². The second kappa shape index (κ2) is 9.44. The first-order valence-electron chi connectivity index (χ1n) is 10.6. The van der Waals surface area contributed by atoms with E-state index in [1.807, 2.05) is 30.3 Å². The zero-order chi connectivity index (χ0) is 23.5. The molecule has 6 nitrogen and oxygen atoms in total. The summed E-state index contributed by atoms with van der Waals surface area (Å²) in [4.78, 5) is 16.8. The molecule has 0 spiro atoms. The number of carbonyl (C=O) groups excluding carboxylic acids is 1. The lowest BCUT2D eigenvalue weighted by Crippen LogP contribution is -2.35. The van der Waals surface area contributed by atoms with Crippen LogP contribution in [0.4, 0.5) is 4.39 Å². The van der Waals surface area contributed by atoms with Crippen LogP contribution in [0.3, 0.4) is 0 Å². The molecule has 2 aliphatic rings. The Labute approximate surface area is 200 Å². The van der Waals surface area contributed by atoms with Gasteiger partial charge in [0.05, 0.1) is 5.57 Å². The molecule has 3 aromatic rings. The normalized spacial score (nSPS) is 16.4. The van der Waals surface area contributed by atoms with Crippen molar-refractivity contribution in [3.05, 3.63) is 107 Å². The molecule has 5 rings (SSSR count). The van der Waals surface area contributed by atoms with Crippen molar-refractivity contribution < 1.29 is 13.9 Å². The van der Waals surface area contributed by atoms with Gasteiger partial charge >= 0.3 is 0 Å². The molecule has 2 heterocycles. The molecular formula is C26H19FN4O2S. The van der Waals surface area contributed by atoms with Gasteiger partial charge in [-0.05, 0) is 58.8 Å². The largest absolute Gasteiger partial charge is 0.489 e. The van der Waals surface area contributed by atoms with Crippen molar-refractivity contribution >= 4 is 39.8 Å². The number of hydrazone groups is 1. The second-order valence-corrected chi connectivity index (χ2v) is 8.70. The number of nitrogens with one attached hydrogen (secondary N) is 1. The average molecular weight is 471 g/mol. The van der Waals surface area contributed by atoms with Crippen molar-refractivity contribution in [1.29, 1.82) is 5.41 Å². The van der Waals surface area contributed by atoms with E-state index in [2.05, 4.69) is 10.1 Å². The lowest BCUT2D eigenvalue weighted by Gasteiger charge is -2.20. The first-order valence-corrected chi connectivity index (χ1v) is 11.4. The Bertz CT molecular complexity index is 1330. The molecule has 0 bridgehead atoms. The number of hydrogen-bond donors (Lipinski definition) is 1. The number of benzene rings is 3. The molecule has 0 fully saturated rings. The van der Waals surface area contributed by atoms with Gasteiger partial charge in [-0.15, -0.1) is 0 Å². The van der Waals surface area contributed by atoms with Crippen LogP contribution in [0.25, 0.3) is 6.08 Å². The number of amidine groups is 2. The summed E-state index contributed by atoms with van der Waals surface area (Å²) in [5, 5.41) is 15.6. The summed E-state index contributed by atoms with van der Waals surface area (Å²) >= 11 is 1.31. The third kappa shape index (κ3) is 4.82. The summed E-state index contributed by atoms with van der Waals surface area (Å²) in [6.07, 6.45) is 2.24. The average Bonchev–Trinajstić information content (AvgIpc) is 3.25. The third-order valence-electron chi connectivity index (χ3n) is 5.20. The highest BCUT2D eigenvalue weighted by Gasteiger charge is 2.35. The highest BCUT2D eigenvalue weighted by Crippen LogP contribution is 2.29. The molecule has 168 valence electrons. The number of halogens is 1. The van der Waals surface area contributed by atoms with Crippen LogP contribution in [0.5, 0.6) is 5.75 Å². The van der Waals surface area contributed by atoms with Crippen molar-refractivity contribution in [1.82, 2.24) is 5.01 Å². The summed E-state index contributed by atoms with van der Waals surface area (Å²) in [6, 6.07) is 23.2. The van der Waals surface area contributed by atoms with Crippen LogP contribution in [0.15, 0.2) is 94.5 Å². The number of carbonyl (C=O) groups is 1. The molecule has 2 aliphatic heterocycles. The molecule has 1 amide bonds. The Morgan fingerprint density at radius 2 is 1.71 bits per heavy atom. The molecule has 0 atom stereocenters. The zero-order valence-electron chi connectivity index (χ0n) is 17.9. The second-order valence-electron chi connectivity index (χ2n) is 7.66. The van der Waals surface area contributed by atoms with Crippen LogP contribution in [0, 0.1) is 11.2 Å². The van der Waals surface area contributed by atoms with Gasteiger partial charge in [-0.2, -0.15) is 15.1 Å². The van der Waals surface area contributed by atoms with Gasteiger partial charge in [0.2, 0.25) is 5.17 Å². The van der Waals surface area contributed by atoms with Gasteiger partial charge in [-0.3, -0.25) is 10.2 Å². The number of ether oxygens (including phenoxy) is 1. The topological polar surface area (TPSA) is 78.1 Å². The van der Waals surface area contributed by atoms with Gasteiger partial charge in [0.25, 0.3) is 5.91 Å². The Morgan fingerprint density at radius 3 is 2.44 bits per heavy atom. The molecule has 0 saturated heterocycles. The fraction of sp³-hybridized carbons (Fsp3) is 0.0769. The predicted octanol–water partition coefficient (Wildman–Crippen LogP) is 5.27. The summed E-state index contributed by atoms with van der Waals surface area (Å²) in [5.41, 5.74) is 2.87. The summed E-state index contributed by atoms with van der Waals surface area (Å²) in [6.45, 7) is 0.317. The molecule has 0 aromatic heterocycles. The fourth-order valence-electron chi connectivity index (χ4n) is 3.45. The number of rotatable bonds is 6.